The molecule has 3 fully saturated rings. The highest BCUT2D eigenvalue weighted by Gasteiger charge is 2.48. The summed E-state index contributed by atoms with van der Waals surface area (Å²) in [7, 11) is 0. The molecule has 3 aliphatic rings. The summed E-state index contributed by atoms with van der Waals surface area (Å²) in [6.07, 6.45) is 9.54. The zero-order chi connectivity index (χ0) is 11.1. The van der Waals surface area contributed by atoms with Gasteiger partial charge in [-0.05, 0) is 32.1 Å². The molecule has 2 aliphatic heterocycles. The summed E-state index contributed by atoms with van der Waals surface area (Å²) in [5, 5.41) is 0. The number of fused-ring (bicyclic) bond motifs is 1. The van der Waals surface area contributed by atoms with Gasteiger partial charge in [-0.15, -0.1) is 0 Å². The zero-order valence-corrected chi connectivity index (χ0v) is 10.2. The first-order chi connectivity index (χ1) is 7.73. The van der Waals surface area contributed by atoms with Gasteiger partial charge in [-0.1, -0.05) is 26.2 Å². The Balaban J connectivity index is 1.73. The van der Waals surface area contributed by atoms with Gasteiger partial charge >= 0.3 is 0 Å². The fraction of sp³-hybridized carbons (Fsp3) is 1.00. The molecule has 2 saturated heterocycles. The third kappa shape index (κ3) is 1.79. The Labute approximate surface area is 97.4 Å². The van der Waals surface area contributed by atoms with E-state index in [0.717, 1.165) is 32.3 Å². The lowest BCUT2D eigenvalue weighted by atomic mass is 9.75. The Morgan fingerprint density at radius 3 is 2.56 bits per heavy atom. The van der Waals surface area contributed by atoms with Crippen LogP contribution in [0.1, 0.15) is 58.3 Å². The second-order valence-electron chi connectivity index (χ2n) is 6.03. The lowest BCUT2D eigenvalue weighted by Gasteiger charge is -2.34. The van der Waals surface area contributed by atoms with Crippen molar-refractivity contribution in [2.75, 3.05) is 6.61 Å². The molecule has 16 heavy (non-hydrogen) atoms. The largest absolute Gasteiger partial charge is 0.349 e. The molecule has 0 aromatic heterocycles. The van der Waals surface area contributed by atoms with E-state index in [1.807, 2.05) is 0 Å². The third-order valence-corrected chi connectivity index (χ3v) is 4.74. The van der Waals surface area contributed by atoms with Crippen molar-refractivity contribution in [3.63, 3.8) is 0 Å². The Morgan fingerprint density at radius 2 is 1.75 bits per heavy atom. The van der Waals surface area contributed by atoms with Gasteiger partial charge in [0.25, 0.3) is 0 Å². The summed E-state index contributed by atoms with van der Waals surface area (Å²) in [4.78, 5) is 11.4. The van der Waals surface area contributed by atoms with Crippen LogP contribution in [-0.2, 0) is 14.5 Å². The number of hydrogen-bond donors (Lipinski definition) is 0. The van der Waals surface area contributed by atoms with Crippen LogP contribution in [0.2, 0.25) is 0 Å². The highest BCUT2D eigenvalue weighted by molar-refractivity contribution is 4.91. The molecule has 0 aromatic carbocycles. The summed E-state index contributed by atoms with van der Waals surface area (Å²) in [6.45, 7) is 3.09. The molecule has 0 N–H and O–H groups in total. The standard InChI is InChI=1S/C13H22O3/c1-12-7-8-13(5-3-2-4-6-13)16-15-11(12)14-10-9-12/h11H,2-10H2,1H3. The van der Waals surface area contributed by atoms with Crippen LogP contribution in [0.4, 0.5) is 0 Å². The number of rotatable bonds is 0. The normalized spacial score (nSPS) is 42.9. The van der Waals surface area contributed by atoms with Crippen LogP contribution < -0.4 is 0 Å². The van der Waals surface area contributed by atoms with E-state index in [9.17, 15) is 0 Å². The number of ether oxygens (including phenoxy) is 1. The van der Waals surface area contributed by atoms with Crippen LogP contribution in [-0.4, -0.2) is 18.5 Å². The fourth-order valence-corrected chi connectivity index (χ4v) is 3.34. The summed E-state index contributed by atoms with van der Waals surface area (Å²) in [5.74, 6) is 0. The van der Waals surface area contributed by atoms with Gasteiger partial charge in [-0.3, -0.25) is 0 Å². The topological polar surface area (TPSA) is 27.7 Å². The fourth-order valence-electron chi connectivity index (χ4n) is 3.34. The highest BCUT2D eigenvalue weighted by Crippen LogP contribution is 2.47. The van der Waals surface area contributed by atoms with Crippen LogP contribution in [0.3, 0.4) is 0 Å². The molecule has 0 radical (unpaired) electrons. The molecule has 1 aliphatic carbocycles. The Bertz CT molecular complexity index is 260. The van der Waals surface area contributed by atoms with Crippen LogP contribution in [0.15, 0.2) is 0 Å². The zero-order valence-electron chi connectivity index (χ0n) is 10.2. The molecule has 0 amide bonds. The van der Waals surface area contributed by atoms with Crippen molar-refractivity contribution in [3.05, 3.63) is 0 Å². The minimum absolute atomic E-state index is 0.00889. The van der Waals surface area contributed by atoms with E-state index in [0.29, 0.717) is 0 Å². The average molecular weight is 226 g/mol. The summed E-state index contributed by atoms with van der Waals surface area (Å²) >= 11 is 0. The minimum atomic E-state index is -0.131. The Kier molecular flexibility index (Phi) is 2.73. The summed E-state index contributed by atoms with van der Waals surface area (Å²) in [5.41, 5.74) is 0.190. The molecule has 1 spiro atoms. The van der Waals surface area contributed by atoms with E-state index in [2.05, 4.69) is 6.92 Å². The van der Waals surface area contributed by atoms with Gasteiger partial charge in [0, 0.05) is 5.41 Å². The third-order valence-electron chi connectivity index (χ3n) is 4.74. The average Bonchev–Trinajstić information content (AvgIpc) is 2.63. The lowest BCUT2D eigenvalue weighted by molar-refractivity contribution is -0.425. The first-order valence-corrected chi connectivity index (χ1v) is 6.69. The van der Waals surface area contributed by atoms with Crippen molar-refractivity contribution < 1.29 is 14.5 Å². The Hall–Kier alpha value is -0.120. The number of hydrogen-bond acceptors (Lipinski definition) is 3. The molecule has 3 heteroatoms. The molecule has 0 bridgehead atoms. The van der Waals surface area contributed by atoms with Crippen molar-refractivity contribution in [2.45, 2.75) is 70.2 Å². The molecule has 0 aromatic rings. The molecule has 1 saturated carbocycles. The lowest BCUT2D eigenvalue weighted by Crippen LogP contribution is -2.34. The van der Waals surface area contributed by atoms with Crippen LogP contribution in [0, 0.1) is 5.41 Å². The van der Waals surface area contributed by atoms with Gasteiger partial charge in [-0.2, -0.15) is 0 Å². The first kappa shape index (κ1) is 11.0. The SMILES string of the molecule is CC12CCOC1OOC1(CCCCC1)CC2. The Morgan fingerprint density at radius 1 is 0.938 bits per heavy atom. The van der Waals surface area contributed by atoms with Gasteiger partial charge < -0.3 is 4.74 Å². The monoisotopic (exact) mass is 226 g/mol. The van der Waals surface area contributed by atoms with E-state index in [4.69, 9.17) is 14.5 Å². The van der Waals surface area contributed by atoms with Gasteiger partial charge in [0.2, 0.25) is 0 Å². The van der Waals surface area contributed by atoms with E-state index < -0.39 is 0 Å². The van der Waals surface area contributed by atoms with Crippen molar-refractivity contribution in [3.8, 4) is 0 Å². The van der Waals surface area contributed by atoms with Crippen molar-refractivity contribution in [1.82, 2.24) is 0 Å². The molecule has 92 valence electrons. The maximum atomic E-state index is 5.79. The summed E-state index contributed by atoms with van der Waals surface area (Å²) in [6, 6.07) is 0. The molecular formula is C13H22O3. The molecular weight excluding hydrogens is 204 g/mol. The van der Waals surface area contributed by atoms with Gasteiger partial charge in [-0.25, -0.2) is 9.78 Å². The van der Waals surface area contributed by atoms with E-state index in [-0.39, 0.29) is 17.3 Å². The molecule has 3 rings (SSSR count). The van der Waals surface area contributed by atoms with E-state index in [1.54, 1.807) is 0 Å². The maximum absolute atomic E-state index is 5.79. The van der Waals surface area contributed by atoms with Crippen molar-refractivity contribution in [2.24, 2.45) is 5.41 Å². The van der Waals surface area contributed by atoms with E-state index >= 15 is 0 Å². The van der Waals surface area contributed by atoms with Crippen LogP contribution in [0.25, 0.3) is 0 Å². The van der Waals surface area contributed by atoms with E-state index in [1.165, 1.54) is 25.7 Å². The molecule has 3 nitrogen and oxygen atoms in total. The van der Waals surface area contributed by atoms with Crippen molar-refractivity contribution >= 4 is 0 Å². The van der Waals surface area contributed by atoms with Crippen LogP contribution in [0.5, 0.6) is 0 Å². The maximum Gasteiger partial charge on any atom is 0.196 e. The molecule has 2 atom stereocenters. The minimum Gasteiger partial charge on any atom is -0.349 e. The van der Waals surface area contributed by atoms with Crippen molar-refractivity contribution in [1.29, 1.82) is 0 Å². The van der Waals surface area contributed by atoms with Gasteiger partial charge in [0.1, 0.15) is 5.60 Å². The summed E-state index contributed by atoms with van der Waals surface area (Å²) < 4.78 is 5.63. The smallest absolute Gasteiger partial charge is 0.196 e. The molecule has 2 heterocycles. The predicted molar refractivity (Wildman–Crippen MR) is 59.7 cm³/mol. The quantitative estimate of drug-likeness (QED) is 0.594. The highest BCUT2D eigenvalue weighted by atomic mass is 17.2. The second-order valence-corrected chi connectivity index (χ2v) is 6.03. The van der Waals surface area contributed by atoms with Gasteiger partial charge in [0.15, 0.2) is 6.29 Å². The molecule has 2 unspecified atom stereocenters. The van der Waals surface area contributed by atoms with Crippen LogP contribution >= 0.6 is 0 Å². The second kappa shape index (κ2) is 3.97. The predicted octanol–water partition coefficient (Wildman–Crippen LogP) is 3.18. The van der Waals surface area contributed by atoms with Gasteiger partial charge in [0.05, 0.1) is 6.61 Å². The first-order valence-electron chi connectivity index (χ1n) is 6.69.